The number of rotatable bonds is 6. The second kappa shape index (κ2) is 8.15. The number of benzene rings is 2. The lowest BCUT2D eigenvalue weighted by Gasteiger charge is -2.07. The highest BCUT2D eigenvalue weighted by Crippen LogP contribution is 2.31. The van der Waals surface area contributed by atoms with E-state index in [9.17, 15) is 4.79 Å². The SMILES string of the molecule is CCOc1ccc(C(=O)C(=Cc2cccnc2)c2nc3ccccc3s2)cc1. The maximum atomic E-state index is 13.3. The molecule has 4 nitrogen and oxygen atoms in total. The predicted molar refractivity (Wildman–Crippen MR) is 114 cm³/mol. The van der Waals surface area contributed by atoms with Gasteiger partial charge in [-0.1, -0.05) is 18.2 Å². The standard InChI is InChI=1S/C23H18N2O2S/c1-2-27-18-11-9-17(10-12-18)22(26)19(14-16-6-5-13-24-15-16)23-25-20-7-3-4-8-21(20)28-23/h3-15H,2H2,1H3. The Kier molecular flexibility index (Phi) is 5.26. The topological polar surface area (TPSA) is 52.1 Å². The minimum atomic E-state index is -0.0778. The van der Waals surface area contributed by atoms with Gasteiger partial charge in [0.1, 0.15) is 10.8 Å². The van der Waals surface area contributed by atoms with Gasteiger partial charge in [-0.15, -0.1) is 11.3 Å². The van der Waals surface area contributed by atoms with Gasteiger partial charge in [-0.2, -0.15) is 0 Å². The maximum absolute atomic E-state index is 13.3. The van der Waals surface area contributed by atoms with Crippen LogP contribution in [0.25, 0.3) is 21.9 Å². The molecule has 138 valence electrons. The lowest BCUT2D eigenvalue weighted by Crippen LogP contribution is -2.03. The van der Waals surface area contributed by atoms with E-state index in [1.807, 2.05) is 61.5 Å². The molecule has 0 unspecified atom stereocenters. The minimum Gasteiger partial charge on any atom is -0.494 e. The number of allylic oxidation sites excluding steroid dienone is 1. The van der Waals surface area contributed by atoms with Gasteiger partial charge in [-0.05, 0) is 61.0 Å². The molecule has 0 saturated carbocycles. The highest BCUT2D eigenvalue weighted by molar-refractivity contribution is 7.20. The molecule has 0 N–H and O–H groups in total. The van der Waals surface area contributed by atoms with Crippen molar-refractivity contribution < 1.29 is 9.53 Å². The Hall–Kier alpha value is -3.31. The summed E-state index contributed by atoms with van der Waals surface area (Å²) in [6, 6.07) is 18.9. The summed E-state index contributed by atoms with van der Waals surface area (Å²) in [5.41, 5.74) is 2.89. The molecule has 0 spiro atoms. The monoisotopic (exact) mass is 386 g/mol. The van der Waals surface area contributed by atoms with Crippen molar-refractivity contribution in [3.05, 3.63) is 89.2 Å². The molecule has 28 heavy (non-hydrogen) atoms. The van der Waals surface area contributed by atoms with E-state index < -0.39 is 0 Å². The molecule has 0 aliphatic heterocycles. The van der Waals surface area contributed by atoms with Gasteiger partial charge in [0, 0.05) is 18.0 Å². The number of para-hydroxylation sites is 1. The van der Waals surface area contributed by atoms with Crippen LogP contribution in [0, 0.1) is 0 Å². The number of fused-ring (bicyclic) bond motifs is 1. The first-order valence-electron chi connectivity index (χ1n) is 9.00. The van der Waals surface area contributed by atoms with Crippen molar-refractivity contribution in [3.8, 4) is 5.75 Å². The van der Waals surface area contributed by atoms with Gasteiger partial charge in [-0.25, -0.2) is 4.98 Å². The number of pyridine rings is 1. The van der Waals surface area contributed by atoms with Crippen LogP contribution in [0.5, 0.6) is 5.75 Å². The van der Waals surface area contributed by atoms with Gasteiger partial charge < -0.3 is 4.74 Å². The first-order chi connectivity index (χ1) is 13.7. The molecule has 4 rings (SSSR count). The predicted octanol–water partition coefficient (Wildman–Crippen LogP) is 5.51. The molecule has 2 aromatic heterocycles. The Labute approximate surface area is 167 Å². The summed E-state index contributed by atoms with van der Waals surface area (Å²) in [6.07, 6.45) is 5.30. The zero-order valence-electron chi connectivity index (χ0n) is 15.3. The van der Waals surface area contributed by atoms with Crippen LogP contribution in [0.3, 0.4) is 0 Å². The third-order valence-corrected chi connectivity index (χ3v) is 5.26. The summed E-state index contributed by atoms with van der Waals surface area (Å²) >= 11 is 1.51. The van der Waals surface area contributed by atoms with Crippen LogP contribution in [0.2, 0.25) is 0 Å². The first-order valence-corrected chi connectivity index (χ1v) is 9.81. The van der Waals surface area contributed by atoms with Crippen LogP contribution in [-0.4, -0.2) is 22.4 Å². The molecule has 0 atom stereocenters. The minimum absolute atomic E-state index is 0.0778. The van der Waals surface area contributed by atoms with E-state index in [4.69, 9.17) is 4.74 Å². The quantitative estimate of drug-likeness (QED) is 0.324. The van der Waals surface area contributed by atoms with Crippen LogP contribution in [0.4, 0.5) is 0 Å². The lowest BCUT2D eigenvalue weighted by molar-refractivity contribution is 0.105. The van der Waals surface area contributed by atoms with Crippen molar-refractivity contribution in [2.24, 2.45) is 0 Å². The number of ether oxygens (including phenoxy) is 1. The van der Waals surface area contributed by atoms with Crippen molar-refractivity contribution in [3.63, 3.8) is 0 Å². The molecule has 2 aromatic carbocycles. The molecular formula is C23H18N2O2S. The van der Waals surface area contributed by atoms with Crippen LogP contribution >= 0.6 is 11.3 Å². The molecule has 2 heterocycles. The summed E-state index contributed by atoms with van der Waals surface area (Å²) in [5.74, 6) is 0.669. The average Bonchev–Trinajstić information content (AvgIpc) is 3.17. The van der Waals surface area contributed by atoms with E-state index >= 15 is 0 Å². The van der Waals surface area contributed by atoms with Crippen LogP contribution < -0.4 is 4.74 Å². The largest absolute Gasteiger partial charge is 0.494 e. The van der Waals surface area contributed by atoms with Crippen molar-refractivity contribution in [2.45, 2.75) is 6.92 Å². The number of nitrogens with zero attached hydrogens (tertiary/aromatic N) is 2. The van der Waals surface area contributed by atoms with Crippen LogP contribution in [0.1, 0.15) is 27.9 Å². The molecule has 4 aromatic rings. The van der Waals surface area contributed by atoms with Gasteiger partial charge in [-0.3, -0.25) is 9.78 Å². The van der Waals surface area contributed by atoms with Crippen LogP contribution in [0.15, 0.2) is 73.1 Å². The van der Waals surface area contributed by atoms with Crippen molar-refractivity contribution in [1.29, 1.82) is 0 Å². The third kappa shape index (κ3) is 3.85. The van der Waals surface area contributed by atoms with Crippen LogP contribution in [-0.2, 0) is 0 Å². The molecule has 0 bridgehead atoms. The Balaban J connectivity index is 1.78. The number of ketones is 1. The van der Waals surface area contributed by atoms with E-state index in [1.165, 1.54) is 11.3 Å². The molecule has 0 fully saturated rings. The average molecular weight is 386 g/mol. The van der Waals surface area contributed by atoms with E-state index in [1.54, 1.807) is 24.5 Å². The summed E-state index contributed by atoms with van der Waals surface area (Å²) in [7, 11) is 0. The Morgan fingerprint density at radius 3 is 2.61 bits per heavy atom. The first kappa shape index (κ1) is 18.1. The van der Waals surface area contributed by atoms with Crippen molar-refractivity contribution >= 4 is 39.0 Å². The number of thiazole rings is 1. The molecular weight excluding hydrogens is 368 g/mol. The second-order valence-electron chi connectivity index (χ2n) is 6.12. The van der Waals surface area contributed by atoms with Crippen molar-refractivity contribution in [2.75, 3.05) is 6.61 Å². The summed E-state index contributed by atoms with van der Waals surface area (Å²) in [4.78, 5) is 22.2. The zero-order chi connectivity index (χ0) is 19.3. The van der Waals surface area contributed by atoms with E-state index in [0.29, 0.717) is 22.8 Å². The summed E-state index contributed by atoms with van der Waals surface area (Å²) in [5, 5.41) is 0.698. The van der Waals surface area contributed by atoms with Gasteiger partial charge in [0.05, 0.1) is 22.4 Å². The van der Waals surface area contributed by atoms with Crippen molar-refractivity contribution in [1.82, 2.24) is 9.97 Å². The number of hydrogen-bond donors (Lipinski definition) is 0. The maximum Gasteiger partial charge on any atom is 0.196 e. The fraction of sp³-hybridized carbons (Fsp3) is 0.0870. The van der Waals surface area contributed by atoms with Gasteiger partial charge in [0.25, 0.3) is 0 Å². The summed E-state index contributed by atoms with van der Waals surface area (Å²) < 4.78 is 6.53. The van der Waals surface area contributed by atoms with E-state index in [0.717, 1.165) is 21.5 Å². The molecule has 0 saturated heterocycles. The number of hydrogen-bond acceptors (Lipinski definition) is 5. The summed E-state index contributed by atoms with van der Waals surface area (Å²) in [6.45, 7) is 2.52. The smallest absolute Gasteiger partial charge is 0.196 e. The Bertz CT molecular complexity index is 1100. The van der Waals surface area contributed by atoms with E-state index in [-0.39, 0.29) is 5.78 Å². The van der Waals surface area contributed by atoms with Gasteiger partial charge in [0.2, 0.25) is 0 Å². The molecule has 0 aliphatic rings. The van der Waals surface area contributed by atoms with E-state index in [2.05, 4.69) is 9.97 Å². The second-order valence-corrected chi connectivity index (χ2v) is 7.15. The fourth-order valence-electron chi connectivity index (χ4n) is 2.86. The van der Waals surface area contributed by atoms with Gasteiger partial charge >= 0.3 is 0 Å². The molecule has 0 radical (unpaired) electrons. The zero-order valence-corrected chi connectivity index (χ0v) is 16.1. The molecule has 0 aliphatic carbocycles. The number of carbonyl (C=O) groups excluding carboxylic acids is 1. The van der Waals surface area contributed by atoms with Gasteiger partial charge in [0.15, 0.2) is 5.78 Å². The normalized spacial score (nSPS) is 11.5. The highest BCUT2D eigenvalue weighted by atomic mass is 32.1. The number of aromatic nitrogens is 2. The number of carbonyl (C=O) groups is 1. The highest BCUT2D eigenvalue weighted by Gasteiger charge is 2.18. The Morgan fingerprint density at radius 1 is 1.07 bits per heavy atom. The third-order valence-electron chi connectivity index (χ3n) is 4.19. The number of Topliss-reactive ketones (excluding diaryl/α,β-unsaturated/α-hetero) is 1. The lowest BCUT2D eigenvalue weighted by atomic mass is 10.0. The molecule has 5 heteroatoms. The molecule has 0 amide bonds. The Morgan fingerprint density at radius 2 is 1.89 bits per heavy atom. The fourth-order valence-corrected chi connectivity index (χ4v) is 3.84.